The molecule has 0 aromatic heterocycles. The summed E-state index contributed by atoms with van der Waals surface area (Å²) in [6.07, 6.45) is 0. The van der Waals surface area contributed by atoms with Crippen molar-refractivity contribution in [2.24, 2.45) is 0 Å². The number of carbonyl (C=O) groups is 1. The first-order chi connectivity index (χ1) is 12.6. The standard InChI is InChI=1S/C19H19BrClFN2O2/c20-13-5-6-17(22)15(11-13)19(25)23-12-18(24-7-9-26-10-8-24)14-3-1-2-4-16(14)21/h1-6,11,18H,7-10,12H2,(H,23,25). The van der Waals surface area contributed by atoms with Crippen LogP contribution >= 0.6 is 27.5 Å². The Hall–Kier alpha value is -1.47. The molecule has 0 saturated carbocycles. The zero-order chi connectivity index (χ0) is 18.5. The number of hydrogen-bond acceptors (Lipinski definition) is 3. The highest BCUT2D eigenvalue weighted by atomic mass is 79.9. The monoisotopic (exact) mass is 440 g/mol. The van der Waals surface area contributed by atoms with Crippen LogP contribution in [0.15, 0.2) is 46.9 Å². The molecule has 1 aliphatic heterocycles. The van der Waals surface area contributed by atoms with Crippen LogP contribution in [0.2, 0.25) is 5.02 Å². The third kappa shape index (κ3) is 4.62. The molecule has 1 aliphatic rings. The Morgan fingerprint density at radius 3 is 2.73 bits per heavy atom. The van der Waals surface area contributed by atoms with Crippen molar-refractivity contribution >= 4 is 33.4 Å². The summed E-state index contributed by atoms with van der Waals surface area (Å²) in [7, 11) is 0. The molecule has 26 heavy (non-hydrogen) atoms. The van der Waals surface area contributed by atoms with E-state index in [0.717, 1.165) is 18.7 Å². The number of benzene rings is 2. The van der Waals surface area contributed by atoms with Gasteiger partial charge < -0.3 is 10.1 Å². The van der Waals surface area contributed by atoms with Crippen LogP contribution in [0.5, 0.6) is 0 Å². The van der Waals surface area contributed by atoms with Gasteiger partial charge in [0.05, 0.1) is 24.8 Å². The topological polar surface area (TPSA) is 41.6 Å². The van der Waals surface area contributed by atoms with Gasteiger partial charge in [-0.2, -0.15) is 0 Å². The van der Waals surface area contributed by atoms with Crippen LogP contribution < -0.4 is 5.32 Å². The number of morpholine rings is 1. The van der Waals surface area contributed by atoms with Crippen molar-refractivity contribution < 1.29 is 13.9 Å². The van der Waals surface area contributed by atoms with Crippen LogP contribution in [-0.2, 0) is 4.74 Å². The van der Waals surface area contributed by atoms with Crippen molar-refractivity contribution in [3.05, 3.63) is 68.9 Å². The molecule has 2 aromatic rings. The van der Waals surface area contributed by atoms with E-state index in [-0.39, 0.29) is 11.6 Å². The van der Waals surface area contributed by atoms with Crippen LogP contribution in [-0.4, -0.2) is 43.7 Å². The number of hydrogen-bond donors (Lipinski definition) is 1. The minimum atomic E-state index is -0.550. The van der Waals surface area contributed by atoms with Crippen LogP contribution in [0.1, 0.15) is 22.0 Å². The second-order valence-corrected chi connectivity index (χ2v) is 7.34. The fourth-order valence-electron chi connectivity index (χ4n) is 3.03. The average Bonchev–Trinajstić information content (AvgIpc) is 2.66. The Bertz CT molecular complexity index is 784. The van der Waals surface area contributed by atoms with Gasteiger partial charge in [-0.05, 0) is 29.8 Å². The van der Waals surface area contributed by atoms with Gasteiger partial charge in [-0.15, -0.1) is 0 Å². The van der Waals surface area contributed by atoms with E-state index in [1.807, 2.05) is 24.3 Å². The zero-order valence-electron chi connectivity index (χ0n) is 14.1. The Kier molecular flexibility index (Phi) is 6.64. The maximum absolute atomic E-state index is 14.0. The fraction of sp³-hybridized carbons (Fsp3) is 0.316. The Balaban J connectivity index is 1.78. The highest BCUT2D eigenvalue weighted by Gasteiger charge is 2.25. The summed E-state index contributed by atoms with van der Waals surface area (Å²) in [5.74, 6) is -1.000. The molecule has 2 aromatic carbocycles. The van der Waals surface area contributed by atoms with Crippen molar-refractivity contribution in [2.45, 2.75) is 6.04 Å². The third-order valence-corrected chi connectivity index (χ3v) is 5.22. The van der Waals surface area contributed by atoms with E-state index in [4.69, 9.17) is 16.3 Å². The molecule has 1 unspecified atom stereocenters. The van der Waals surface area contributed by atoms with Gasteiger partial charge in [-0.1, -0.05) is 45.7 Å². The minimum absolute atomic E-state index is 0.0132. The molecule has 1 N–H and O–H groups in total. The summed E-state index contributed by atoms with van der Waals surface area (Å²) in [5.41, 5.74) is 0.949. The number of rotatable bonds is 5. The highest BCUT2D eigenvalue weighted by Crippen LogP contribution is 2.28. The lowest BCUT2D eigenvalue weighted by molar-refractivity contribution is 0.0162. The van der Waals surface area contributed by atoms with Gasteiger partial charge in [-0.3, -0.25) is 9.69 Å². The SMILES string of the molecule is O=C(NCC(c1ccccc1Cl)N1CCOCC1)c1cc(Br)ccc1F. The first kappa shape index (κ1) is 19.3. The maximum atomic E-state index is 14.0. The predicted octanol–water partition coefficient (Wildman–Crippen LogP) is 4.04. The van der Waals surface area contributed by atoms with Gasteiger partial charge >= 0.3 is 0 Å². The molecule has 1 amide bonds. The first-order valence-electron chi connectivity index (χ1n) is 8.35. The zero-order valence-corrected chi connectivity index (χ0v) is 16.4. The quantitative estimate of drug-likeness (QED) is 0.761. The molecule has 1 heterocycles. The van der Waals surface area contributed by atoms with Crippen LogP contribution in [0, 0.1) is 5.82 Å². The lowest BCUT2D eigenvalue weighted by Gasteiger charge is -2.35. The van der Waals surface area contributed by atoms with Crippen LogP contribution in [0.25, 0.3) is 0 Å². The molecule has 1 fully saturated rings. The molecule has 0 radical (unpaired) electrons. The number of ether oxygens (including phenoxy) is 1. The van der Waals surface area contributed by atoms with Crippen molar-refractivity contribution in [3.63, 3.8) is 0 Å². The van der Waals surface area contributed by atoms with E-state index in [1.165, 1.54) is 12.1 Å². The second kappa shape index (κ2) is 8.95. The number of carbonyl (C=O) groups excluding carboxylic acids is 1. The normalized spacial score (nSPS) is 16.3. The second-order valence-electron chi connectivity index (χ2n) is 6.02. The number of nitrogens with zero attached hydrogens (tertiary/aromatic N) is 1. The van der Waals surface area contributed by atoms with Crippen LogP contribution in [0.3, 0.4) is 0 Å². The van der Waals surface area contributed by atoms with Gasteiger partial charge in [0, 0.05) is 29.1 Å². The first-order valence-corrected chi connectivity index (χ1v) is 9.53. The molecular formula is C19H19BrClFN2O2. The average molecular weight is 442 g/mol. The molecule has 1 atom stereocenters. The maximum Gasteiger partial charge on any atom is 0.254 e. The summed E-state index contributed by atoms with van der Waals surface area (Å²) < 4.78 is 20.0. The smallest absolute Gasteiger partial charge is 0.254 e. The van der Waals surface area contributed by atoms with E-state index in [0.29, 0.717) is 29.3 Å². The Morgan fingerprint density at radius 1 is 1.27 bits per heavy atom. The molecule has 0 spiro atoms. The Labute approximate surface area is 165 Å². The number of halogens is 3. The van der Waals surface area contributed by atoms with E-state index in [9.17, 15) is 9.18 Å². The van der Waals surface area contributed by atoms with Gasteiger partial charge in [0.15, 0.2) is 0 Å². The van der Waals surface area contributed by atoms with Gasteiger partial charge in [0.2, 0.25) is 0 Å². The predicted molar refractivity (Wildman–Crippen MR) is 103 cm³/mol. The molecule has 3 rings (SSSR count). The largest absolute Gasteiger partial charge is 0.379 e. The van der Waals surface area contributed by atoms with Crippen molar-refractivity contribution in [2.75, 3.05) is 32.8 Å². The van der Waals surface area contributed by atoms with Gasteiger partial charge in [0.1, 0.15) is 5.82 Å². The minimum Gasteiger partial charge on any atom is -0.379 e. The molecule has 0 bridgehead atoms. The van der Waals surface area contributed by atoms with Crippen molar-refractivity contribution in [1.82, 2.24) is 10.2 Å². The lowest BCUT2D eigenvalue weighted by atomic mass is 10.0. The van der Waals surface area contributed by atoms with Crippen molar-refractivity contribution in [3.8, 4) is 0 Å². The molecule has 7 heteroatoms. The summed E-state index contributed by atoms with van der Waals surface area (Å²) >= 11 is 9.65. The summed E-state index contributed by atoms with van der Waals surface area (Å²) in [6.45, 7) is 3.09. The summed E-state index contributed by atoms with van der Waals surface area (Å²) in [6, 6.07) is 11.8. The van der Waals surface area contributed by atoms with Crippen molar-refractivity contribution in [1.29, 1.82) is 0 Å². The molecule has 0 aliphatic carbocycles. The van der Waals surface area contributed by atoms with Crippen LogP contribution in [0.4, 0.5) is 4.39 Å². The summed E-state index contributed by atoms with van der Waals surface area (Å²) in [5, 5.41) is 3.49. The summed E-state index contributed by atoms with van der Waals surface area (Å²) in [4.78, 5) is 14.7. The molecule has 4 nitrogen and oxygen atoms in total. The number of amides is 1. The van der Waals surface area contributed by atoms with E-state index >= 15 is 0 Å². The molecular weight excluding hydrogens is 423 g/mol. The van der Waals surface area contributed by atoms with Gasteiger partial charge in [0.25, 0.3) is 5.91 Å². The van der Waals surface area contributed by atoms with Gasteiger partial charge in [-0.25, -0.2) is 4.39 Å². The van der Waals surface area contributed by atoms with E-state index in [2.05, 4.69) is 26.1 Å². The van der Waals surface area contributed by atoms with E-state index < -0.39 is 11.7 Å². The lowest BCUT2D eigenvalue weighted by Crippen LogP contribution is -2.44. The molecule has 1 saturated heterocycles. The van der Waals surface area contributed by atoms with E-state index in [1.54, 1.807) is 6.07 Å². The highest BCUT2D eigenvalue weighted by molar-refractivity contribution is 9.10. The molecule has 138 valence electrons. The fourth-order valence-corrected chi connectivity index (χ4v) is 3.65. The number of nitrogens with one attached hydrogen (secondary N) is 1. The third-order valence-electron chi connectivity index (χ3n) is 4.38. The Morgan fingerprint density at radius 2 is 2.00 bits per heavy atom.